The molecule has 0 saturated heterocycles. The van der Waals surface area contributed by atoms with E-state index in [4.69, 9.17) is 15.2 Å². The van der Waals surface area contributed by atoms with Crippen LogP contribution in [0.4, 0.5) is 11.4 Å². The second-order valence-electron chi connectivity index (χ2n) is 4.40. The molecule has 4 N–H and O–H groups in total. The summed E-state index contributed by atoms with van der Waals surface area (Å²) in [5.41, 5.74) is 6.73. The fraction of sp³-hybridized carbons (Fsp3) is 0.429. The first-order valence-corrected chi connectivity index (χ1v) is 6.50. The molecule has 0 fully saturated rings. The van der Waals surface area contributed by atoms with Gasteiger partial charge in [-0.05, 0) is 24.3 Å². The molecule has 1 rings (SSSR count). The van der Waals surface area contributed by atoms with Crippen molar-refractivity contribution < 1.29 is 19.1 Å². The zero-order valence-corrected chi connectivity index (χ0v) is 12.2. The minimum atomic E-state index is -0.294. The normalized spacial score (nSPS) is 11.8. The van der Waals surface area contributed by atoms with Crippen LogP contribution in [-0.4, -0.2) is 45.3 Å². The van der Waals surface area contributed by atoms with Crippen molar-refractivity contribution in [2.45, 2.75) is 12.5 Å². The molecule has 7 heteroatoms. The summed E-state index contributed by atoms with van der Waals surface area (Å²) in [6, 6.07) is 6.79. The molecule has 0 heterocycles. The second kappa shape index (κ2) is 9.06. The number of hydrogen-bond acceptors (Lipinski definition) is 5. The Bertz CT molecular complexity index is 458. The average Bonchev–Trinajstić information content (AvgIpc) is 2.47. The van der Waals surface area contributed by atoms with Crippen molar-refractivity contribution in [3.63, 3.8) is 0 Å². The Morgan fingerprint density at radius 3 is 2.05 bits per heavy atom. The van der Waals surface area contributed by atoms with Gasteiger partial charge in [-0.2, -0.15) is 0 Å². The van der Waals surface area contributed by atoms with Crippen LogP contribution < -0.4 is 16.4 Å². The van der Waals surface area contributed by atoms with E-state index in [9.17, 15) is 9.59 Å². The number of nitrogens with two attached hydrogens (primary N) is 1. The van der Waals surface area contributed by atoms with Gasteiger partial charge in [-0.25, -0.2) is 0 Å². The SMILES string of the molecule is COCC(=O)Nc1ccc(NC(=O)CC(CN)OC)cc1. The molecule has 1 aromatic rings. The number of hydrogen-bond donors (Lipinski definition) is 3. The van der Waals surface area contributed by atoms with Crippen LogP contribution in [0.5, 0.6) is 0 Å². The molecule has 7 nitrogen and oxygen atoms in total. The Labute approximate surface area is 123 Å². The molecule has 1 aromatic carbocycles. The van der Waals surface area contributed by atoms with Crippen LogP contribution in [0, 0.1) is 0 Å². The summed E-state index contributed by atoms with van der Waals surface area (Å²) in [6.07, 6.45) is -0.100. The fourth-order valence-corrected chi connectivity index (χ4v) is 1.65. The van der Waals surface area contributed by atoms with Gasteiger partial charge in [0.25, 0.3) is 0 Å². The lowest BCUT2D eigenvalue weighted by molar-refractivity contribution is -0.120. The Morgan fingerprint density at radius 2 is 1.62 bits per heavy atom. The number of anilines is 2. The van der Waals surface area contributed by atoms with Gasteiger partial charge in [0.1, 0.15) is 6.61 Å². The molecule has 2 amide bonds. The Hall–Kier alpha value is -1.96. The lowest BCUT2D eigenvalue weighted by Crippen LogP contribution is -2.28. The van der Waals surface area contributed by atoms with Crippen LogP contribution in [0.2, 0.25) is 0 Å². The van der Waals surface area contributed by atoms with Gasteiger partial charge in [-0.15, -0.1) is 0 Å². The predicted octanol–water partition coefficient (Wildman–Crippen LogP) is 0.574. The standard InChI is InChI=1S/C14H21N3O4/c1-20-9-14(19)17-11-5-3-10(4-6-11)16-13(18)7-12(8-15)21-2/h3-6,12H,7-9,15H2,1-2H3,(H,16,18)(H,17,19). The van der Waals surface area contributed by atoms with E-state index in [-0.39, 0.29) is 37.5 Å². The predicted molar refractivity (Wildman–Crippen MR) is 80.0 cm³/mol. The van der Waals surface area contributed by atoms with E-state index in [1.165, 1.54) is 14.2 Å². The van der Waals surface area contributed by atoms with Crippen molar-refractivity contribution in [3.05, 3.63) is 24.3 Å². The fourth-order valence-electron chi connectivity index (χ4n) is 1.65. The number of carbonyl (C=O) groups excluding carboxylic acids is 2. The van der Waals surface area contributed by atoms with Gasteiger partial charge in [0.15, 0.2) is 0 Å². The summed E-state index contributed by atoms with van der Waals surface area (Å²) in [5, 5.41) is 5.40. The van der Waals surface area contributed by atoms with Crippen LogP contribution in [0.3, 0.4) is 0 Å². The highest BCUT2D eigenvalue weighted by atomic mass is 16.5. The number of methoxy groups -OCH3 is 2. The molecule has 1 atom stereocenters. The third kappa shape index (κ3) is 6.35. The summed E-state index contributed by atoms with van der Waals surface area (Å²) in [7, 11) is 2.97. The lowest BCUT2D eigenvalue weighted by atomic mass is 10.2. The summed E-state index contributed by atoms with van der Waals surface area (Å²) in [6.45, 7) is 0.282. The Morgan fingerprint density at radius 1 is 1.10 bits per heavy atom. The summed E-state index contributed by atoms with van der Waals surface area (Å²) >= 11 is 0. The van der Waals surface area contributed by atoms with Gasteiger partial charge in [-0.1, -0.05) is 0 Å². The summed E-state index contributed by atoms with van der Waals surface area (Å²) in [4.78, 5) is 23.1. The third-order valence-electron chi connectivity index (χ3n) is 2.74. The first-order valence-electron chi connectivity index (χ1n) is 6.50. The average molecular weight is 295 g/mol. The van der Waals surface area contributed by atoms with Crippen molar-refractivity contribution in [3.8, 4) is 0 Å². The van der Waals surface area contributed by atoms with E-state index in [1.54, 1.807) is 24.3 Å². The molecule has 0 aliphatic rings. The molecular weight excluding hydrogens is 274 g/mol. The van der Waals surface area contributed by atoms with Crippen LogP contribution in [0.1, 0.15) is 6.42 Å². The number of ether oxygens (including phenoxy) is 2. The van der Waals surface area contributed by atoms with Gasteiger partial charge in [0.05, 0.1) is 12.5 Å². The van der Waals surface area contributed by atoms with Crippen molar-refractivity contribution in [2.75, 3.05) is 38.0 Å². The molecule has 116 valence electrons. The van der Waals surface area contributed by atoms with Crippen molar-refractivity contribution in [2.24, 2.45) is 5.73 Å². The number of rotatable bonds is 8. The maximum atomic E-state index is 11.8. The highest BCUT2D eigenvalue weighted by molar-refractivity contribution is 5.93. The third-order valence-corrected chi connectivity index (χ3v) is 2.74. The van der Waals surface area contributed by atoms with E-state index in [2.05, 4.69) is 10.6 Å². The van der Waals surface area contributed by atoms with E-state index in [0.29, 0.717) is 11.4 Å². The summed E-state index contributed by atoms with van der Waals surface area (Å²) < 4.78 is 9.77. The lowest BCUT2D eigenvalue weighted by Gasteiger charge is -2.13. The van der Waals surface area contributed by atoms with E-state index in [0.717, 1.165) is 0 Å². The first-order chi connectivity index (χ1) is 10.1. The topological polar surface area (TPSA) is 103 Å². The number of carbonyl (C=O) groups is 2. The number of nitrogens with one attached hydrogen (secondary N) is 2. The largest absolute Gasteiger partial charge is 0.380 e. The van der Waals surface area contributed by atoms with Gasteiger partial charge in [0.2, 0.25) is 11.8 Å². The van der Waals surface area contributed by atoms with Crippen LogP contribution in [0.25, 0.3) is 0 Å². The second-order valence-corrected chi connectivity index (χ2v) is 4.40. The zero-order valence-electron chi connectivity index (χ0n) is 12.2. The van der Waals surface area contributed by atoms with E-state index >= 15 is 0 Å². The Kier molecular flexibility index (Phi) is 7.38. The molecule has 0 spiro atoms. The molecule has 0 aliphatic carbocycles. The van der Waals surface area contributed by atoms with Gasteiger partial charge < -0.3 is 25.8 Å². The van der Waals surface area contributed by atoms with Gasteiger partial charge >= 0.3 is 0 Å². The molecule has 1 unspecified atom stereocenters. The minimum absolute atomic E-state index is 0.00399. The van der Waals surface area contributed by atoms with Gasteiger partial charge in [-0.3, -0.25) is 9.59 Å². The summed E-state index contributed by atoms with van der Waals surface area (Å²) in [5.74, 6) is -0.413. The van der Waals surface area contributed by atoms with Crippen molar-refractivity contribution in [1.82, 2.24) is 0 Å². The smallest absolute Gasteiger partial charge is 0.250 e. The zero-order chi connectivity index (χ0) is 15.7. The highest BCUT2D eigenvalue weighted by Crippen LogP contribution is 2.14. The minimum Gasteiger partial charge on any atom is -0.380 e. The maximum absolute atomic E-state index is 11.8. The quantitative estimate of drug-likeness (QED) is 0.651. The van der Waals surface area contributed by atoms with E-state index in [1.807, 2.05) is 0 Å². The van der Waals surface area contributed by atoms with Crippen LogP contribution in [-0.2, 0) is 19.1 Å². The molecule has 0 saturated carbocycles. The molecule has 0 aromatic heterocycles. The molecule has 21 heavy (non-hydrogen) atoms. The molecule has 0 aliphatic heterocycles. The Balaban J connectivity index is 2.50. The molecule has 0 bridgehead atoms. The highest BCUT2D eigenvalue weighted by Gasteiger charge is 2.11. The van der Waals surface area contributed by atoms with Crippen LogP contribution in [0.15, 0.2) is 24.3 Å². The first kappa shape index (κ1) is 17.1. The van der Waals surface area contributed by atoms with Crippen LogP contribution >= 0.6 is 0 Å². The maximum Gasteiger partial charge on any atom is 0.250 e. The van der Waals surface area contributed by atoms with E-state index < -0.39 is 0 Å². The molecule has 0 radical (unpaired) electrons. The van der Waals surface area contributed by atoms with Crippen molar-refractivity contribution in [1.29, 1.82) is 0 Å². The number of amides is 2. The monoisotopic (exact) mass is 295 g/mol. The van der Waals surface area contributed by atoms with Gasteiger partial charge in [0, 0.05) is 32.1 Å². The molecular formula is C14H21N3O4. The number of benzene rings is 1. The van der Waals surface area contributed by atoms with Crippen molar-refractivity contribution >= 4 is 23.2 Å².